The van der Waals surface area contributed by atoms with Crippen LogP contribution < -0.4 is 14.8 Å². The Bertz CT molecular complexity index is 1220. The number of benzene rings is 3. The molecule has 0 aromatic heterocycles. The first-order chi connectivity index (χ1) is 17.2. The zero-order chi connectivity index (χ0) is 26.0. The summed E-state index contributed by atoms with van der Waals surface area (Å²) in [6.07, 6.45) is 0. The van der Waals surface area contributed by atoms with Gasteiger partial charge in [0.25, 0.3) is 0 Å². The van der Waals surface area contributed by atoms with Gasteiger partial charge in [-0.05, 0) is 47.0 Å². The number of ether oxygens (including phenoxy) is 2. The first-order valence-corrected chi connectivity index (χ1v) is 11.2. The number of halogens is 3. The van der Waals surface area contributed by atoms with Gasteiger partial charge >= 0.3 is 5.97 Å². The van der Waals surface area contributed by atoms with Crippen molar-refractivity contribution in [2.45, 2.75) is 11.8 Å². The molecule has 36 heavy (non-hydrogen) atoms. The fourth-order valence-corrected chi connectivity index (χ4v) is 4.90. The van der Waals surface area contributed by atoms with E-state index in [1.807, 2.05) is 0 Å². The quantitative estimate of drug-likeness (QED) is 0.468. The van der Waals surface area contributed by atoms with Gasteiger partial charge in [-0.25, -0.2) is 13.2 Å². The second-order valence-corrected chi connectivity index (χ2v) is 8.55. The molecule has 1 amide bonds. The van der Waals surface area contributed by atoms with E-state index in [0.29, 0.717) is 34.8 Å². The van der Waals surface area contributed by atoms with Crippen molar-refractivity contribution in [2.24, 2.45) is 11.8 Å². The molecule has 3 unspecified atom stereocenters. The highest BCUT2D eigenvalue weighted by Crippen LogP contribution is 2.47. The van der Waals surface area contributed by atoms with Gasteiger partial charge in [0.05, 0.1) is 26.1 Å². The Kier molecular flexibility index (Phi) is 7.19. The average Bonchev–Trinajstić information content (AvgIpc) is 2.88. The number of carbonyl (C=O) groups excluding carboxylic acids is 1. The molecule has 1 aliphatic rings. The van der Waals surface area contributed by atoms with Gasteiger partial charge < -0.3 is 19.9 Å². The van der Waals surface area contributed by atoms with Gasteiger partial charge in [-0.3, -0.25) is 9.59 Å². The summed E-state index contributed by atoms with van der Waals surface area (Å²) in [6.45, 7) is -0.286. The summed E-state index contributed by atoms with van der Waals surface area (Å²) in [5, 5.41) is 12.6. The summed E-state index contributed by atoms with van der Waals surface area (Å²) < 4.78 is 53.5. The molecule has 2 N–H and O–H groups in total. The van der Waals surface area contributed by atoms with Gasteiger partial charge in [0.15, 0.2) is 11.6 Å². The summed E-state index contributed by atoms with van der Waals surface area (Å²) in [5.41, 5.74) is 0.883. The minimum atomic E-state index is -1.40. The van der Waals surface area contributed by atoms with E-state index in [2.05, 4.69) is 5.32 Å². The number of carbonyl (C=O) groups is 2. The molecule has 3 atom stereocenters. The molecule has 3 aromatic carbocycles. The lowest BCUT2D eigenvalue weighted by atomic mass is 9.65. The lowest BCUT2D eigenvalue weighted by molar-refractivity contribution is -0.146. The second-order valence-electron chi connectivity index (χ2n) is 8.55. The third-order valence-electron chi connectivity index (χ3n) is 6.64. The van der Waals surface area contributed by atoms with E-state index in [9.17, 15) is 23.5 Å². The summed E-state index contributed by atoms with van der Waals surface area (Å²) in [6, 6.07) is 14.7. The Morgan fingerprint density at radius 2 is 1.39 bits per heavy atom. The number of rotatable bonds is 7. The number of aliphatic carboxylic acids is 1. The van der Waals surface area contributed by atoms with E-state index in [4.69, 9.17) is 9.47 Å². The highest BCUT2D eigenvalue weighted by atomic mass is 19.2. The Morgan fingerprint density at radius 3 is 1.86 bits per heavy atom. The van der Waals surface area contributed by atoms with Crippen LogP contribution in [0.4, 0.5) is 13.2 Å². The minimum absolute atomic E-state index is 0.286. The summed E-state index contributed by atoms with van der Waals surface area (Å²) in [7, 11) is 3.01. The molecule has 0 saturated carbocycles. The lowest BCUT2D eigenvalue weighted by Crippen LogP contribution is -2.51. The molecule has 1 heterocycles. The highest BCUT2D eigenvalue weighted by Gasteiger charge is 2.48. The van der Waals surface area contributed by atoms with Crippen molar-refractivity contribution in [1.82, 2.24) is 5.32 Å². The Labute approximate surface area is 205 Å². The summed E-state index contributed by atoms with van der Waals surface area (Å²) in [5.74, 6) is -9.05. The molecule has 0 aliphatic carbocycles. The smallest absolute Gasteiger partial charge is 0.308 e. The maximum Gasteiger partial charge on any atom is 0.308 e. The first kappa shape index (κ1) is 25.1. The van der Waals surface area contributed by atoms with Crippen molar-refractivity contribution in [1.29, 1.82) is 0 Å². The number of carboxylic acid groups (broad SMARTS) is 1. The van der Waals surface area contributed by atoms with Gasteiger partial charge in [0.2, 0.25) is 5.91 Å². The predicted octanol–water partition coefficient (Wildman–Crippen LogP) is 4.48. The summed E-state index contributed by atoms with van der Waals surface area (Å²) in [4.78, 5) is 25.6. The molecule has 188 valence electrons. The van der Waals surface area contributed by atoms with Crippen LogP contribution in [0.1, 0.15) is 28.5 Å². The molecule has 0 radical (unpaired) electrons. The van der Waals surface area contributed by atoms with Gasteiger partial charge in [-0.15, -0.1) is 0 Å². The van der Waals surface area contributed by atoms with E-state index >= 15 is 4.39 Å². The van der Waals surface area contributed by atoms with E-state index in [-0.39, 0.29) is 12.1 Å². The number of hydrogen-bond donors (Lipinski definition) is 2. The number of amides is 1. The molecule has 1 saturated heterocycles. The van der Waals surface area contributed by atoms with E-state index in [1.165, 1.54) is 14.2 Å². The first-order valence-electron chi connectivity index (χ1n) is 11.2. The van der Waals surface area contributed by atoms with Crippen molar-refractivity contribution in [3.05, 3.63) is 94.8 Å². The van der Waals surface area contributed by atoms with Crippen LogP contribution in [0, 0.1) is 29.3 Å². The van der Waals surface area contributed by atoms with Crippen LogP contribution in [0.2, 0.25) is 0 Å². The number of carboxylic acids is 1. The SMILES string of the molecule is COc1ccc(C(c2ccc(OC)cc2)C2C(=O)NCC(C(=O)O)C2c2cc(F)c(F)cc2F)cc1. The molecule has 6 nitrogen and oxygen atoms in total. The molecule has 1 aliphatic heterocycles. The van der Waals surface area contributed by atoms with Crippen molar-refractivity contribution >= 4 is 11.9 Å². The van der Waals surface area contributed by atoms with Crippen molar-refractivity contribution in [3.63, 3.8) is 0 Å². The third-order valence-corrected chi connectivity index (χ3v) is 6.64. The molecule has 0 spiro atoms. The fourth-order valence-electron chi connectivity index (χ4n) is 4.90. The fraction of sp³-hybridized carbons (Fsp3) is 0.259. The molecule has 1 fully saturated rings. The average molecular weight is 499 g/mol. The van der Waals surface area contributed by atoms with E-state index < -0.39 is 53.0 Å². The van der Waals surface area contributed by atoms with Crippen molar-refractivity contribution < 1.29 is 37.3 Å². The Hall–Kier alpha value is -4.01. The summed E-state index contributed by atoms with van der Waals surface area (Å²) >= 11 is 0. The second kappa shape index (κ2) is 10.3. The Morgan fingerprint density at radius 1 is 0.889 bits per heavy atom. The molecule has 9 heteroatoms. The largest absolute Gasteiger partial charge is 0.497 e. The molecule has 4 rings (SSSR count). The topological polar surface area (TPSA) is 84.9 Å². The molecule has 3 aromatic rings. The normalized spacial score (nSPS) is 19.6. The number of hydrogen-bond acceptors (Lipinski definition) is 4. The van der Waals surface area contributed by atoms with E-state index in [0.717, 1.165) is 0 Å². The lowest BCUT2D eigenvalue weighted by Gasteiger charge is -2.40. The molecular weight excluding hydrogens is 475 g/mol. The third kappa shape index (κ3) is 4.73. The maximum absolute atomic E-state index is 15.1. The number of nitrogens with one attached hydrogen (secondary N) is 1. The van der Waals surface area contributed by atoms with Crippen LogP contribution in [0.5, 0.6) is 11.5 Å². The molecular formula is C27H24F3NO5. The van der Waals surface area contributed by atoms with Crippen LogP contribution >= 0.6 is 0 Å². The van der Waals surface area contributed by atoms with Crippen LogP contribution in [0.15, 0.2) is 60.7 Å². The zero-order valence-electron chi connectivity index (χ0n) is 19.5. The zero-order valence-corrected chi connectivity index (χ0v) is 19.5. The van der Waals surface area contributed by atoms with Crippen molar-refractivity contribution in [2.75, 3.05) is 20.8 Å². The van der Waals surface area contributed by atoms with Gasteiger partial charge in [-0.2, -0.15) is 0 Å². The van der Waals surface area contributed by atoms with Gasteiger partial charge in [-0.1, -0.05) is 24.3 Å². The van der Waals surface area contributed by atoms with Crippen molar-refractivity contribution in [3.8, 4) is 11.5 Å². The molecule has 0 bridgehead atoms. The highest BCUT2D eigenvalue weighted by molar-refractivity contribution is 5.86. The van der Waals surface area contributed by atoms with Crippen LogP contribution in [0.3, 0.4) is 0 Å². The van der Waals surface area contributed by atoms with Crippen LogP contribution in [0.25, 0.3) is 0 Å². The monoisotopic (exact) mass is 499 g/mol. The number of methoxy groups -OCH3 is 2. The maximum atomic E-state index is 15.1. The van der Waals surface area contributed by atoms with E-state index in [1.54, 1.807) is 48.5 Å². The van der Waals surface area contributed by atoms with Gasteiger partial charge in [0.1, 0.15) is 17.3 Å². The van der Waals surface area contributed by atoms with Gasteiger partial charge in [0, 0.05) is 24.4 Å². The minimum Gasteiger partial charge on any atom is -0.497 e. The van der Waals surface area contributed by atoms with Crippen LogP contribution in [-0.2, 0) is 9.59 Å². The Balaban J connectivity index is 1.95. The standard InChI is InChI=1S/C27H24F3NO5/c1-35-16-7-3-14(4-8-16)23(15-5-9-17(36-2)10-6-15)25-24(19(27(33)34)13-31-26(25)32)18-11-21(29)22(30)12-20(18)28/h3-12,19,23-25H,13H2,1-2H3,(H,31,32)(H,33,34). The number of piperidine rings is 1. The predicted molar refractivity (Wildman–Crippen MR) is 125 cm³/mol. The van der Waals surface area contributed by atoms with Crippen LogP contribution in [-0.4, -0.2) is 37.7 Å².